The molecule has 4 heteroatoms. The van der Waals surface area contributed by atoms with E-state index in [0.717, 1.165) is 24.0 Å². The maximum absolute atomic E-state index is 12.5. The number of carbonyl (C=O) groups is 2. The molecular formula is C16H21NO3. The van der Waals surface area contributed by atoms with Crippen LogP contribution in [0.3, 0.4) is 0 Å². The quantitative estimate of drug-likeness (QED) is 0.918. The van der Waals surface area contributed by atoms with Gasteiger partial charge in [-0.15, -0.1) is 0 Å². The number of fused-ring (bicyclic) bond motifs is 1. The van der Waals surface area contributed by atoms with Crippen LogP contribution >= 0.6 is 0 Å². The largest absolute Gasteiger partial charge is 0.480 e. The van der Waals surface area contributed by atoms with Gasteiger partial charge in [-0.3, -0.25) is 4.79 Å². The molecule has 2 rings (SSSR count). The Kier molecular flexibility index (Phi) is 4.42. The van der Waals surface area contributed by atoms with E-state index in [-0.39, 0.29) is 11.8 Å². The first-order chi connectivity index (χ1) is 9.54. The summed E-state index contributed by atoms with van der Waals surface area (Å²) in [5, 5.41) is 9.40. The lowest BCUT2D eigenvalue weighted by atomic mass is 9.92. The van der Waals surface area contributed by atoms with Gasteiger partial charge in [-0.1, -0.05) is 44.5 Å². The lowest BCUT2D eigenvalue weighted by Gasteiger charge is -2.36. The molecule has 0 bridgehead atoms. The SMILES string of the molecule is CCCC(C)C(=O)N1Cc2ccccc2C[C@H]1C(=O)O. The molecule has 108 valence electrons. The third-order valence-corrected chi connectivity index (χ3v) is 3.96. The zero-order chi connectivity index (χ0) is 14.7. The summed E-state index contributed by atoms with van der Waals surface area (Å²) < 4.78 is 0. The van der Waals surface area contributed by atoms with Crippen LogP contribution in [-0.4, -0.2) is 27.9 Å². The number of amides is 1. The molecule has 0 aromatic heterocycles. The van der Waals surface area contributed by atoms with E-state index in [9.17, 15) is 14.7 Å². The predicted molar refractivity (Wildman–Crippen MR) is 76.2 cm³/mol. The summed E-state index contributed by atoms with van der Waals surface area (Å²) >= 11 is 0. The van der Waals surface area contributed by atoms with E-state index in [1.807, 2.05) is 38.1 Å². The highest BCUT2D eigenvalue weighted by Crippen LogP contribution is 2.25. The second-order valence-corrected chi connectivity index (χ2v) is 5.48. The highest BCUT2D eigenvalue weighted by molar-refractivity contribution is 5.85. The molecule has 0 saturated heterocycles. The molecule has 1 aliphatic rings. The molecule has 1 N–H and O–H groups in total. The summed E-state index contributed by atoms with van der Waals surface area (Å²) in [7, 11) is 0. The molecule has 1 unspecified atom stereocenters. The Bertz CT molecular complexity index is 512. The van der Waals surface area contributed by atoms with Crippen molar-refractivity contribution in [3.05, 3.63) is 35.4 Å². The Hall–Kier alpha value is -1.84. The highest BCUT2D eigenvalue weighted by Gasteiger charge is 2.35. The molecule has 0 radical (unpaired) electrons. The van der Waals surface area contributed by atoms with Crippen molar-refractivity contribution in [3.63, 3.8) is 0 Å². The van der Waals surface area contributed by atoms with Gasteiger partial charge in [0.2, 0.25) is 5.91 Å². The first-order valence-corrected chi connectivity index (χ1v) is 7.14. The maximum atomic E-state index is 12.5. The van der Waals surface area contributed by atoms with Gasteiger partial charge in [0.05, 0.1) is 0 Å². The molecule has 2 atom stereocenters. The Labute approximate surface area is 119 Å². The number of carboxylic acid groups (broad SMARTS) is 1. The van der Waals surface area contributed by atoms with Gasteiger partial charge in [-0.25, -0.2) is 4.79 Å². The van der Waals surface area contributed by atoms with E-state index in [2.05, 4.69) is 0 Å². The van der Waals surface area contributed by atoms with E-state index in [1.165, 1.54) is 4.90 Å². The minimum Gasteiger partial charge on any atom is -0.480 e. The van der Waals surface area contributed by atoms with Crippen LogP contribution in [0, 0.1) is 5.92 Å². The summed E-state index contributed by atoms with van der Waals surface area (Å²) in [5.41, 5.74) is 2.09. The number of carboxylic acids is 1. The van der Waals surface area contributed by atoms with Gasteiger partial charge in [0.15, 0.2) is 0 Å². The first-order valence-electron chi connectivity index (χ1n) is 7.14. The Morgan fingerprint density at radius 3 is 2.60 bits per heavy atom. The molecule has 0 spiro atoms. The summed E-state index contributed by atoms with van der Waals surface area (Å²) in [5.74, 6) is -1.09. The first kappa shape index (κ1) is 14.6. The number of hydrogen-bond donors (Lipinski definition) is 1. The van der Waals surface area contributed by atoms with Crippen LogP contribution in [0.1, 0.15) is 37.8 Å². The molecule has 1 amide bonds. The van der Waals surface area contributed by atoms with E-state index in [4.69, 9.17) is 0 Å². The van der Waals surface area contributed by atoms with E-state index >= 15 is 0 Å². The van der Waals surface area contributed by atoms with Crippen LogP contribution in [-0.2, 0) is 22.6 Å². The second-order valence-electron chi connectivity index (χ2n) is 5.48. The van der Waals surface area contributed by atoms with Crippen LogP contribution in [0.4, 0.5) is 0 Å². The molecule has 20 heavy (non-hydrogen) atoms. The Morgan fingerprint density at radius 2 is 2.00 bits per heavy atom. The van der Waals surface area contributed by atoms with Crippen LogP contribution in [0.15, 0.2) is 24.3 Å². The average molecular weight is 275 g/mol. The molecular weight excluding hydrogens is 254 g/mol. The van der Waals surface area contributed by atoms with Crippen molar-refractivity contribution in [2.45, 2.75) is 45.7 Å². The fourth-order valence-electron chi connectivity index (χ4n) is 2.81. The second kappa shape index (κ2) is 6.07. The minimum absolute atomic E-state index is 0.0475. The van der Waals surface area contributed by atoms with Gasteiger partial charge in [0.25, 0.3) is 0 Å². The average Bonchev–Trinajstić information content (AvgIpc) is 2.45. The monoisotopic (exact) mass is 275 g/mol. The number of benzene rings is 1. The summed E-state index contributed by atoms with van der Waals surface area (Å²) in [4.78, 5) is 25.5. The van der Waals surface area contributed by atoms with Crippen molar-refractivity contribution in [1.29, 1.82) is 0 Å². The fraction of sp³-hybridized carbons (Fsp3) is 0.500. The molecule has 1 aliphatic heterocycles. The van der Waals surface area contributed by atoms with Gasteiger partial charge in [0, 0.05) is 18.9 Å². The van der Waals surface area contributed by atoms with Crippen molar-refractivity contribution in [1.82, 2.24) is 4.90 Å². The number of carbonyl (C=O) groups excluding carboxylic acids is 1. The Morgan fingerprint density at radius 1 is 1.35 bits per heavy atom. The van der Waals surface area contributed by atoms with Crippen LogP contribution in [0.25, 0.3) is 0 Å². The van der Waals surface area contributed by atoms with Gasteiger partial charge in [-0.2, -0.15) is 0 Å². The molecule has 1 aromatic rings. The normalized spacial score (nSPS) is 19.3. The third kappa shape index (κ3) is 2.84. The van der Waals surface area contributed by atoms with Gasteiger partial charge < -0.3 is 10.0 Å². The molecule has 1 aromatic carbocycles. The number of nitrogens with zero attached hydrogens (tertiary/aromatic N) is 1. The van der Waals surface area contributed by atoms with Crippen LogP contribution in [0.5, 0.6) is 0 Å². The molecule has 0 aliphatic carbocycles. The van der Waals surface area contributed by atoms with E-state index < -0.39 is 12.0 Å². The van der Waals surface area contributed by atoms with Crippen molar-refractivity contribution in [3.8, 4) is 0 Å². The zero-order valence-corrected chi connectivity index (χ0v) is 12.0. The molecule has 1 heterocycles. The fourth-order valence-corrected chi connectivity index (χ4v) is 2.81. The van der Waals surface area contributed by atoms with Gasteiger partial charge >= 0.3 is 5.97 Å². The summed E-state index contributed by atoms with van der Waals surface area (Å²) in [6, 6.07) is 7.02. The van der Waals surface area contributed by atoms with E-state index in [0.29, 0.717) is 13.0 Å². The molecule has 0 fully saturated rings. The van der Waals surface area contributed by atoms with Crippen LogP contribution < -0.4 is 0 Å². The number of aliphatic carboxylic acids is 1. The van der Waals surface area contributed by atoms with Crippen molar-refractivity contribution >= 4 is 11.9 Å². The molecule has 4 nitrogen and oxygen atoms in total. The summed E-state index contributed by atoms with van der Waals surface area (Å²) in [6.07, 6.45) is 2.12. The summed E-state index contributed by atoms with van der Waals surface area (Å²) in [6.45, 7) is 4.31. The lowest BCUT2D eigenvalue weighted by molar-refractivity contribution is -0.153. The van der Waals surface area contributed by atoms with Gasteiger partial charge in [-0.05, 0) is 17.5 Å². The smallest absolute Gasteiger partial charge is 0.326 e. The van der Waals surface area contributed by atoms with Crippen molar-refractivity contribution in [2.75, 3.05) is 0 Å². The number of rotatable bonds is 4. The number of hydrogen-bond acceptors (Lipinski definition) is 2. The maximum Gasteiger partial charge on any atom is 0.326 e. The Balaban J connectivity index is 2.26. The highest BCUT2D eigenvalue weighted by atomic mass is 16.4. The van der Waals surface area contributed by atoms with Crippen LogP contribution in [0.2, 0.25) is 0 Å². The lowest BCUT2D eigenvalue weighted by Crippen LogP contribution is -2.50. The van der Waals surface area contributed by atoms with Crippen molar-refractivity contribution < 1.29 is 14.7 Å². The van der Waals surface area contributed by atoms with E-state index in [1.54, 1.807) is 0 Å². The topological polar surface area (TPSA) is 57.6 Å². The minimum atomic E-state index is -0.920. The van der Waals surface area contributed by atoms with Gasteiger partial charge in [0.1, 0.15) is 6.04 Å². The standard InChI is InChI=1S/C16H21NO3/c1-3-6-11(2)15(18)17-10-13-8-5-4-7-12(13)9-14(17)16(19)20/h4-5,7-8,11,14H,3,6,9-10H2,1-2H3,(H,19,20)/t11?,14-/m0/s1. The zero-order valence-electron chi connectivity index (χ0n) is 12.0. The molecule has 0 saturated carbocycles. The predicted octanol–water partition coefficient (Wildman–Crippen LogP) is 2.46. The van der Waals surface area contributed by atoms with Crippen molar-refractivity contribution in [2.24, 2.45) is 5.92 Å². The third-order valence-electron chi connectivity index (χ3n) is 3.96.